The lowest BCUT2D eigenvalue weighted by Gasteiger charge is -2.71. The van der Waals surface area contributed by atoms with Crippen molar-refractivity contribution in [3.8, 4) is 0 Å². The number of fused-ring (bicyclic) bond motifs is 5. The Hall–Kier alpha value is -0.940. The van der Waals surface area contributed by atoms with Crippen LogP contribution in [0.15, 0.2) is 11.6 Å². The van der Waals surface area contributed by atoms with Gasteiger partial charge in [-0.25, -0.2) is 0 Å². The van der Waals surface area contributed by atoms with Crippen molar-refractivity contribution in [2.75, 3.05) is 19.8 Å². The van der Waals surface area contributed by atoms with Gasteiger partial charge in [-0.2, -0.15) is 0 Å². The van der Waals surface area contributed by atoms with Gasteiger partial charge in [0.2, 0.25) is 0 Å². The minimum atomic E-state index is -1.68. The highest BCUT2D eigenvalue weighted by Crippen LogP contribution is 2.76. The Balaban J connectivity index is 1.11. The first-order chi connectivity index (χ1) is 29.9. The summed E-state index contributed by atoms with van der Waals surface area (Å²) in [5.74, 6) is -0.0478. The first-order valence-electron chi connectivity index (χ1n) is 23.8. The Kier molecular flexibility index (Phi) is 14.9. The number of hydrogen-bond acceptors (Lipinski definition) is 17. The van der Waals surface area contributed by atoms with E-state index in [1.807, 2.05) is 20.8 Å². The molecule has 0 aromatic heterocycles. The maximum Gasteiger partial charge on any atom is 0.187 e. The molecule has 24 atom stereocenters. The highest BCUT2D eigenvalue weighted by Gasteiger charge is 2.72. The standard InChI is InChI=1S/C47H80O17/c1-22(2)10-9-14-47(8,64-42-39(58)36(55)34(53)27(62-42)21-60-40-37(56)32(51)25(50)20-59-40)23-11-16-46(7)31(23)24(49)18-29-44(5)15-13-30(43(3,4)28(44)12-17-45(29,46)6)63-41-38(57)35(54)33(52)26(19-48)61-41/h10,23-42,48-58H,9,11-21H2,1-8H3/t23-,24+,25+,26+,27+,28-,29+,30-,31-,32-,33+,34+,35-,36-,37+,38+,39+,40-,41-,42-,44-,45+,46+,47-/m1/s1. The van der Waals surface area contributed by atoms with Crippen molar-refractivity contribution < 1.29 is 84.6 Å². The molecule has 0 aromatic rings. The van der Waals surface area contributed by atoms with Gasteiger partial charge in [0, 0.05) is 0 Å². The number of rotatable bonds is 12. The molecule has 0 spiro atoms. The van der Waals surface area contributed by atoms with Crippen LogP contribution in [-0.2, 0) is 28.4 Å². The molecule has 0 amide bonds. The zero-order valence-electron chi connectivity index (χ0n) is 39.0. The van der Waals surface area contributed by atoms with Crippen LogP contribution in [0.1, 0.15) is 113 Å². The molecule has 3 saturated heterocycles. The predicted octanol–water partition coefficient (Wildman–Crippen LogP) is 0.612. The zero-order valence-corrected chi connectivity index (χ0v) is 39.0. The first-order valence-corrected chi connectivity index (χ1v) is 23.8. The number of allylic oxidation sites excluding steroid dienone is 2. The summed E-state index contributed by atoms with van der Waals surface area (Å²) in [6, 6.07) is 0. The molecule has 7 fully saturated rings. The highest BCUT2D eigenvalue weighted by atomic mass is 16.7. The highest BCUT2D eigenvalue weighted by molar-refractivity contribution is 5.20. The summed E-state index contributed by atoms with van der Waals surface area (Å²) < 4.78 is 36.5. The van der Waals surface area contributed by atoms with E-state index in [0.717, 1.165) is 37.7 Å². The van der Waals surface area contributed by atoms with Crippen LogP contribution in [0.25, 0.3) is 0 Å². The molecule has 370 valence electrons. The van der Waals surface area contributed by atoms with Gasteiger partial charge in [-0.3, -0.25) is 0 Å². The third-order valence-electron chi connectivity index (χ3n) is 18.4. The molecule has 17 heteroatoms. The van der Waals surface area contributed by atoms with Crippen molar-refractivity contribution >= 4 is 0 Å². The van der Waals surface area contributed by atoms with E-state index in [1.54, 1.807) is 0 Å². The Morgan fingerprint density at radius 1 is 0.672 bits per heavy atom. The van der Waals surface area contributed by atoms with Crippen LogP contribution in [0.5, 0.6) is 0 Å². The first kappa shape index (κ1) is 50.9. The molecule has 4 saturated carbocycles. The largest absolute Gasteiger partial charge is 0.394 e. The Bertz CT molecular complexity index is 1630. The van der Waals surface area contributed by atoms with E-state index in [2.05, 4.69) is 40.7 Å². The molecule has 0 unspecified atom stereocenters. The fourth-order valence-corrected chi connectivity index (χ4v) is 14.5. The topological polar surface area (TPSA) is 278 Å². The summed E-state index contributed by atoms with van der Waals surface area (Å²) in [6.45, 7) is 16.3. The van der Waals surface area contributed by atoms with E-state index >= 15 is 0 Å². The van der Waals surface area contributed by atoms with Gasteiger partial charge in [0.1, 0.15) is 67.1 Å². The Morgan fingerprint density at radius 2 is 1.28 bits per heavy atom. The van der Waals surface area contributed by atoms with Crippen molar-refractivity contribution in [3.05, 3.63) is 11.6 Å². The van der Waals surface area contributed by atoms with Crippen molar-refractivity contribution in [2.24, 2.45) is 45.3 Å². The van der Waals surface area contributed by atoms with Gasteiger partial charge >= 0.3 is 0 Å². The molecule has 3 heterocycles. The van der Waals surface area contributed by atoms with E-state index in [1.165, 1.54) is 0 Å². The lowest BCUT2D eigenvalue weighted by molar-refractivity contribution is -0.346. The zero-order chi connectivity index (χ0) is 47.1. The van der Waals surface area contributed by atoms with Crippen LogP contribution in [0.2, 0.25) is 0 Å². The van der Waals surface area contributed by atoms with Gasteiger partial charge in [-0.05, 0) is 124 Å². The summed E-state index contributed by atoms with van der Waals surface area (Å²) in [5.41, 5.74) is -0.948. The van der Waals surface area contributed by atoms with Crippen molar-refractivity contribution in [1.82, 2.24) is 0 Å². The van der Waals surface area contributed by atoms with Crippen LogP contribution < -0.4 is 0 Å². The molecule has 7 aliphatic rings. The minimum absolute atomic E-state index is 0.149. The van der Waals surface area contributed by atoms with Crippen LogP contribution in [0.4, 0.5) is 0 Å². The van der Waals surface area contributed by atoms with Gasteiger partial charge in [0.15, 0.2) is 18.9 Å². The molecule has 0 radical (unpaired) electrons. The SMILES string of the molecule is CC(C)=CCC[C@@](C)(O[C@H]1O[C@@H](CO[C@H]2OC[C@H](O)[C@@H](O)[C@@H]2O)[C@H](O)[C@@H](O)[C@@H]1O)[C@@H]1CC[C@@]2(C)[C@H]1[C@@H](O)C[C@H]1[C@]3(C)CC[C@@H](O[C@H]4O[C@@H](CO)[C@H](O)[C@@H](O)[C@@H]4O)C(C)(C)[C@H]3CC[C@@]12C. The van der Waals surface area contributed by atoms with Gasteiger partial charge in [-0.15, -0.1) is 0 Å². The number of hydrogen-bond donors (Lipinski definition) is 11. The van der Waals surface area contributed by atoms with Gasteiger partial charge < -0.3 is 84.6 Å². The molecule has 0 aromatic carbocycles. The quantitative estimate of drug-likeness (QED) is 0.0946. The molecule has 0 bridgehead atoms. The molecule has 17 nitrogen and oxygen atoms in total. The second-order valence-corrected chi connectivity index (χ2v) is 22.5. The van der Waals surface area contributed by atoms with E-state index in [-0.39, 0.29) is 52.6 Å². The van der Waals surface area contributed by atoms with E-state index in [9.17, 15) is 56.2 Å². The van der Waals surface area contributed by atoms with E-state index in [4.69, 9.17) is 28.4 Å². The summed E-state index contributed by atoms with van der Waals surface area (Å²) in [5, 5.41) is 118. The lowest BCUT2D eigenvalue weighted by atomic mass is 9.35. The summed E-state index contributed by atoms with van der Waals surface area (Å²) in [4.78, 5) is 0. The third-order valence-corrected chi connectivity index (χ3v) is 18.4. The second-order valence-electron chi connectivity index (χ2n) is 22.5. The van der Waals surface area contributed by atoms with Crippen molar-refractivity contribution in [1.29, 1.82) is 0 Å². The molecular formula is C47H80O17. The molecule has 4 aliphatic carbocycles. The fourth-order valence-electron chi connectivity index (χ4n) is 14.5. The van der Waals surface area contributed by atoms with E-state index in [0.29, 0.717) is 25.7 Å². The van der Waals surface area contributed by atoms with Crippen LogP contribution in [-0.4, -0.2) is 180 Å². The maximum absolute atomic E-state index is 12.7. The summed E-state index contributed by atoms with van der Waals surface area (Å²) in [7, 11) is 0. The molecular weight excluding hydrogens is 836 g/mol. The number of ether oxygens (including phenoxy) is 6. The average molecular weight is 917 g/mol. The van der Waals surface area contributed by atoms with Crippen molar-refractivity contribution in [2.45, 2.75) is 217 Å². The fraction of sp³-hybridized carbons (Fsp3) is 0.957. The summed E-state index contributed by atoms with van der Waals surface area (Å²) in [6.07, 6.45) is -12.4. The molecule has 11 N–H and O–H groups in total. The Morgan fingerprint density at radius 3 is 1.94 bits per heavy atom. The smallest absolute Gasteiger partial charge is 0.187 e. The lowest BCUT2D eigenvalue weighted by Crippen LogP contribution is -2.67. The minimum Gasteiger partial charge on any atom is -0.394 e. The van der Waals surface area contributed by atoms with Crippen molar-refractivity contribution in [3.63, 3.8) is 0 Å². The molecule has 3 aliphatic heterocycles. The average Bonchev–Trinajstić information content (AvgIpc) is 3.62. The molecule has 64 heavy (non-hydrogen) atoms. The molecule has 7 rings (SSSR count). The monoisotopic (exact) mass is 917 g/mol. The predicted molar refractivity (Wildman–Crippen MR) is 228 cm³/mol. The number of aliphatic hydroxyl groups excluding tert-OH is 11. The summed E-state index contributed by atoms with van der Waals surface area (Å²) >= 11 is 0. The maximum atomic E-state index is 12.7. The third kappa shape index (κ3) is 8.60. The Labute approximate surface area is 377 Å². The van der Waals surface area contributed by atoms with Gasteiger partial charge in [-0.1, -0.05) is 46.3 Å². The van der Waals surface area contributed by atoms with Crippen LogP contribution >= 0.6 is 0 Å². The van der Waals surface area contributed by atoms with Crippen LogP contribution in [0, 0.1) is 45.3 Å². The normalized spacial score (nSPS) is 52.5. The van der Waals surface area contributed by atoms with Gasteiger partial charge in [0.05, 0.1) is 37.6 Å². The number of aliphatic hydroxyl groups is 11. The second kappa shape index (κ2) is 18.8. The van der Waals surface area contributed by atoms with Gasteiger partial charge in [0.25, 0.3) is 0 Å². The van der Waals surface area contributed by atoms with Crippen LogP contribution in [0.3, 0.4) is 0 Å². The van der Waals surface area contributed by atoms with E-state index < -0.39 is 116 Å².